The number of carbonyl (C=O) groups is 7. The first-order valence-corrected chi connectivity index (χ1v) is 50.1. The van der Waals surface area contributed by atoms with Crippen LogP contribution in [-0.2, 0) is 99.0 Å². The van der Waals surface area contributed by atoms with E-state index in [2.05, 4.69) is 46.0 Å². The van der Waals surface area contributed by atoms with Crippen molar-refractivity contribution >= 4 is 179 Å². The average molecular weight is 2190 g/mol. The lowest BCUT2D eigenvalue weighted by Gasteiger charge is -2.24. The number of benzene rings is 2. The number of hydrogen-bond donors (Lipinski definition) is 2. The number of carbonyl (C=O) groups excluding carboxylic acids is 7. The molecule has 4 aliphatic carbocycles. The van der Waals surface area contributed by atoms with E-state index in [9.17, 15) is 79.1 Å². The first-order chi connectivity index (χ1) is 66.3. The van der Waals surface area contributed by atoms with Gasteiger partial charge in [-0.05, 0) is 212 Å². The minimum Gasteiger partial charge on any atom is -0.434 e. The SMILES string of the molecule is CCC(Cl)OC(=O)Cl.CCC(Cl)OC(=O)Cl.CCC(Cl)OC(=O)OC1CCCCC1.CCC(Cl)OC(=O)OC1CCCCC1.CCC=O.CCCn1c(=O)c2[nH]c(-c3cnn(Cc4cccc(C(F)(F)F)c4)c3)nc2n(CC)c1=O.CCCn1c(=O)c2c(nc(-c3cnn(Cc4cccc(C(F)(F)F)c4)c3)n2C(CC)OC(=O)OC2CCCCC2)n(CC)c1=O.O=C(Cl)OC(Cl)(Cl)Cl.OC1CCCCC1. The second-order valence-electron chi connectivity index (χ2n) is 31.7. The van der Waals surface area contributed by atoms with Crippen LogP contribution in [0.3, 0.4) is 0 Å². The molecule has 33 nitrogen and oxygen atoms in total. The van der Waals surface area contributed by atoms with Gasteiger partial charge in [0.2, 0.25) is 0 Å². The molecule has 784 valence electrons. The largest absolute Gasteiger partial charge is 0.510 e. The van der Waals surface area contributed by atoms with Crippen molar-refractivity contribution in [1.29, 1.82) is 0 Å². The molecule has 0 amide bonds. The van der Waals surface area contributed by atoms with E-state index in [-0.39, 0.29) is 85.2 Å². The standard InChI is InChI=1S/C31H37F3N6O5.C21H21F3N6O2.2C10H17ClO3.C6H12O.2C4H6Cl2O2.C3H6O.C2Cl4O2/c1-4-15-39-28(41)25-27(38(6-3)29(39)42)36-26(40(25)24(5-2)45-30(43)44-23-13-8-7-9-14-23)21-17-35-37(19-21)18-20-11-10-12-22(16-20)31(32,33)34;1-3-8-30-19(31)16-18(29(4-2)20(30)32)27-17(26-16)14-10-25-28(12-14)11-13-6-5-7-15(9-13)21(22,23)24;2*1-2-9(11)14-10(12)13-8-6-4-3-5-7-8;7-6-4-2-1-3-5-6;2*1-2-3(5)8-4(6)7;1-2-3-4;3-1(7)8-2(4,5)6/h10-12,16-17,19,23-24H,4-9,13-15,18H2,1-3H3;5-7,9-10,12H,3-4,8,11H2,1-2H3,(H,26,27);2*8-9H,2-7H2,1H3;6-7H,1-5H2;2*3H,2H2,1H3;3H,2H2,1H3;. The lowest BCUT2D eigenvalue weighted by molar-refractivity contribution is -0.138. The molecule has 0 spiro atoms. The first kappa shape index (κ1) is 124. The van der Waals surface area contributed by atoms with E-state index in [0.29, 0.717) is 86.1 Å². The van der Waals surface area contributed by atoms with Crippen LogP contribution in [0, 0.1) is 0 Å². The number of H-pyrrole nitrogens is 1. The van der Waals surface area contributed by atoms with Gasteiger partial charge in [-0.3, -0.25) is 41.8 Å². The van der Waals surface area contributed by atoms with Crippen molar-refractivity contribution in [2.45, 2.75) is 358 Å². The third-order valence-electron chi connectivity index (χ3n) is 20.9. The zero-order chi connectivity index (χ0) is 105. The highest BCUT2D eigenvalue weighted by Gasteiger charge is 2.35. The number of hydrogen-bond acceptors (Lipinski definition) is 25. The second-order valence-corrected chi connectivity index (χ2v) is 36.8. The molecule has 5 atom stereocenters. The zero-order valence-electron chi connectivity index (χ0n) is 79.3. The van der Waals surface area contributed by atoms with Gasteiger partial charge in [-0.15, -0.1) is 0 Å². The Kier molecular flexibility index (Phi) is 56.8. The van der Waals surface area contributed by atoms with Crippen molar-refractivity contribution in [3.63, 3.8) is 0 Å². The van der Waals surface area contributed by atoms with E-state index < -0.39 is 113 Å². The quantitative estimate of drug-likeness (QED) is 0.0121. The maximum Gasteiger partial charge on any atom is 0.510 e. The first-order valence-electron chi connectivity index (χ1n) is 46.1. The van der Waals surface area contributed by atoms with Crippen LogP contribution < -0.4 is 22.5 Å². The molecule has 6 heterocycles. The summed E-state index contributed by atoms with van der Waals surface area (Å²) in [4.78, 5) is 139. The van der Waals surface area contributed by atoms with E-state index in [0.717, 1.165) is 131 Å². The fourth-order valence-corrected chi connectivity index (χ4v) is 15.1. The Morgan fingerprint density at radius 2 is 0.857 bits per heavy atom. The predicted octanol–water partition coefficient (Wildman–Crippen LogP) is 25.5. The Balaban J connectivity index is 0.000000371. The van der Waals surface area contributed by atoms with Crippen molar-refractivity contribution in [2.75, 3.05) is 0 Å². The van der Waals surface area contributed by atoms with Crippen LogP contribution in [0.5, 0.6) is 0 Å². The van der Waals surface area contributed by atoms with Gasteiger partial charge in [0.1, 0.15) is 41.8 Å². The molecule has 4 aliphatic rings. The van der Waals surface area contributed by atoms with Crippen LogP contribution >= 0.6 is 116 Å². The normalized spacial score (nSPS) is 15.1. The molecule has 0 saturated heterocycles. The molecule has 49 heteroatoms. The van der Waals surface area contributed by atoms with Crippen molar-refractivity contribution in [3.8, 4) is 22.8 Å². The van der Waals surface area contributed by atoms with Gasteiger partial charge in [-0.25, -0.2) is 48.3 Å². The van der Waals surface area contributed by atoms with Crippen molar-refractivity contribution in [3.05, 3.63) is 137 Å². The summed E-state index contributed by atoms with van der Waals surface area (Å²) in [6, 6.07) is 10.0. The monoisotopic (exact) mass is 2180 g/mol. The number of alkyl halides is 13. The van der Waals surface area contributed by atoms with Crippen molar-refractivity contribution in [2.24, 2.45) is 0 Å². The van der Waals surface area contributed by atoms with Gasteiger partial charge in [0.15, 0.2) is 45.3 Å². The van der Waals surface area contributed by atoms with E-state index in [1.165, 1.54) is 84.3 Å². The number of fused-ring (bicyclic) bond motifs is 2. The number of ether oxygens (including phenoxy) is 9. The summed E-state index contributed by atoms with van der Waals surface area (Å²) >= 11 is 51.0. The Morgan fingerprint density at radius 1 is 0.486 bits per heavy atom. The van der Waals surface area contributed by atoms with E-state index in [1.54, 1.807) is 59.1 Å². The number of imidazole rings is 2. The minimum absolute atomic E-state index is 0.0359. The van der Waals surface area contributed by atoms with Crippen molar-refractivity contribution in [1.82, 2.24) is 57.3 Å². The third kappa shape index (κ3) is 44.4. The Labute approximate surface area is 856 Å². The molecular formula is C91H122Cl10F6N12O21. The number of aliphatic hydroxyl groups is 1. The summed E-state index contributed by atoms with van der Waals surface area (Å²) in [7, 11) is 0. The van der Waals surface area contributed by atoms with Gasteiger partial charge < -0.3 is 57.5 Å². The van der Waals surface area contributed by atoms with Gasteiger partial charge in [0.25, 0.3) is 11.1 Å². The van der Waals surface area contributed by atoms with Crippen LogP contribution in [0.25, 0.3) is 45.1 Å². The Bertz CT molecular complexity index is 5310. The molecular weight excluding hydrogens is 2070 g/mol. The molecule has 0 aliphatic heterocycles. The molecule has 5 unspecified atom stereocenters. The summed E-state index contributed by atoms with van der Waals surface area (Å²) in [5.74, 6) is 0.564. The van der Waals surface area contributed by atoms with Gasteiger partial charge in [0.05, 0.1) is 53.8 Å². The molecule has 2 N–H and O–H groups in total. The molecule has 4 fully saturated rings. The molecule has 0 radical (unpaired) electrons. The summed E-state index contributed by atoms with van der Waals surface area (Å²) in [5.41, 5.74) is -6.07. The van der Waals surface area contributed by atoms with Crippen LogP contribution in [0.2, 0.25) is 0 Å². The minimum atomic E-state index is -4.48. The number of aromatic nitrogens is 12. The highest BCUT2D eigenvalue weighted by atomic mass is 35.6. The summed E-state index contributed by atoms with van der Waals surface area (Å²) in [6.07, 6.45) is 20.5. The van der Waals surface area contributed by atoms with Gasteiger partial charge in [-0.1, -0.05) is 165 Å². The number of nitrogens with zero attached hydrogens (tertiary/aromatic N) is 11. The number of aromatic amines is 1. The van der Waals surface area contributed by atoms with Crippen molar-refractivity contribution < 1.29 is 108 Å². The number of halogens is 16. The maximum absolute atomic E-state index is 13.9. The summed E-state index contributed by atoms with van der Waals surface area (Å²) in [6.45, 7) is 19.4. The number of aliphatic hydroxyl groups excluding tert-OH is 1. The van der Waals surface area contributed by atoms with E-state index >= 15 is 0 Å². The topological polar surface area (TPSA) is 393 Å². The number of aryl methyl sites for hydroxylation is 2. The third-order valence-corrected chi connectivity index (χ3v) is 22.9. The van der Waals surface area contributed by atoms with E-state index in [4.69, 9.17) is 143 Å². The molecule has 6 aromatic heterocycles. The fourth-order valence-electron chi connectivity index (χ4n) is 14.0. The number of nitrogens with one attached hydrogen (secondary N) is 1. The highest BCUT2D eigenvalue weighted by Crippen LogP contribution is 2.35. The Morgan fingerprint density at radius 3 is 1.19 bits per heavy atom. The molecule has 12 rings (SSSR count). The molecule has 140 heavy (non-hydrogen) atoms. The average Bonchev–Trinajstić information content (AvgIpc) is 1.58. The number of aldehydes is 1. The number of rotatable bonds is 27. The molecule has 4 saturated carbocycles. The van der Waals surface area contributed by atoms with Crippen LogP contribution in [0.1, 0.15) is 278 Å². The van der Waals surface area contributed by atoms with E-state index in [1.807, 2.05) is 34.6 Å². The maximum atomic E-state index is 13.9. The zero-order valence-corrected chi connectivity index (χ0v) is 86.9. The van der Waals surface area contributed by atoms with Gasteiger partial charge in [-0.2, -0.15) is 36.5 Å². The molecule has 0 bridgehead atoms. The van der Waals surface area contributed by atoms with Crippen LogP contribution in [-0.4, -0.2) is 154 Å². The van der Waals surface area contributed by atoms with Gasteiger partial charge >= 0.3 is 62.5 Å². The molecule has 2 aromatic carbocycles. The second kappa shape index (κ2) is 64.3. The lowest BCUT2D eigenvalue weighted by atomic mass is 9.98. The predicted molar refractivity (Wildman–Crippen MR) is 523 cm³/mol. The fraction of sp³-hybridized carbons (Fsp3) is 0.615. The van der Waals surface area contributed by atoms with Crippen LogP contribution in [0.4, 0.5) is 55.1 Å². The van der Waals surface area contributed by atoms with Crippen LogP contribution in [0.15, 0.2) is 92.5 Å². The lowest BCUT2D eigenvalue weighted by Crippen LogP contribution is -2.40. The summed E-state index contributed by atoms with van der Waals surface area (Å²) < 4.78 is 130. The van der Waals surface area contributed by atoms with Gasteiger partial charge in [0, 0.05) is 86.2 Å². The Hall–Kier alpha value is -8.51. The molecule has 8 aromatic rings. The highest BCUT2D eigenvalue weighted by molar-refractivity contribution is 6.69. The smallest absolute Gasteiger partial charge is 0.434 e. The summed E-state index contributed by atoms with van der Waals surface area (Å²) in [5, 5.41) is 17.5.